The van der Waals surface area contributed by atoms with Crippen LogP contribution in [0, 0.1) is 5.92 Å². The monoisotopic (exact) mass is 483 g/mol. The molecule has 1 heterocycles. The van der Waals surface area contributed by atoms with Crippen LogP contribution in [0.3, 0.4) is 0 Å². The molecule has 1 aromatic heterocycles. The number of fused-ring (bicyclic) bond motifs is 2. The first-order valence-corrected chi connectivity index (χ1v) is 12.8. The van der Waals surface area contributed by atoms with Gasteiger partial charge in [0.1, 0.15) is 0 Å². The van der Waals surface area contributed by atoms with Crippen LogP contribution in [0.4, 0.5) is 5.95 Å². The third-order valence-electron chi connectivity index (χ3n) is 7.08. The van der Waals surface area contributed by atoms with Crippen LogP contribution in [-0.4, -0.2) is 34.5 Å². The molecular formula is C29H33N5O2. The minimum absolute atomic E-state index is 0.0438. The normalized spacial score (nSPS) is 14.2. The van der Waals surface area contributed by atoms with E-state index in [-0.39, 0.29) is 17.7 Å². The van der Waals surface area contributed by atoms with E-state index in [0.717, 1.165) is 37.7 Å². The van der Waals surface area contributed by atoms with E-state index < -0.39 is 0 Å². The van der Waals surface area contributed by atoms with Crippen LogP contribution in [0.15, 0.2) is 60.7 Å². The number of hydrogen-bond acceptors (Lipinski definition) is 4. The molecule has 3 N–H and O–H groups in total. The molecule has 3 aromatic carbocycles. The second kappa shape index (κ2) is 10.9. The molecule has 7 heteroatoms. The van der Waals surface area contributed by atoms with E-state index in [1.54, 1.807) is 12.1 Å². The van der Waals surface area contributed by atoms with Crippen LogP contribution in [0.5, 0.6) is 0 Å². The number of rotatable bonds is 8. The molecule has 1 saturated carbocycles. The van der Waals surface area contributed by atoms with E-state index in [4.69, 9.17) is 0 Å². The third-order valence-corrected chi connectivity index (χ3v) is 7.08. The molecule has 2 amide bonds. The number of amides is 2. The van der Waals surface area contributed by atoms with Gasteiger partial charge in [0.2, 0.25) is 11.9 Å². The molecule has 0 radical (unpaired) electrons. The van der Waals surface area contributed by atoms with Crippen molar-refractivity contribution in [3.63, 3.8) is 0 Å². The maximum absolute atomic E-state index is 12.7. The second-order valence-electron chi connectivity index (χ2n) is 9.64. The van der Waals surface area contributed by atoms with E-state index in [1.165, 1.54) is 22.8 Å². The summed E-state index contributed by atoms with van der Waals surface area (Å²) in [6.07, 6.45) is 5.31. The highest BCUT2D eigenvalue weighted by Gasteiger charge is 2.22. The topological polar surface area (TPSA) is 88.0 Å². The molecule has 7 nitrogen and oxygen atoms in total. The summed E-state index contributed by atoms with van der Waals surface area (Å²) in [6.45, 7) is 1.94. The molecule has 0 unspecified atom stereocenters. The van der Waals surface area contributed by atoms with Gasteiger partial charge >= 0.3 is 0 Å². The standard InChI is InChI=1S/C29H33N5O2/c1-34-26-14-13-24(18-25(26)32-29(34)33-28(36)22-8-3-2-4-9-22)27(35)31-16-15-30-19-20-11-12-21-7-5-6-10-23(21)17-20/h5-7,10-14,17-18,22,30H,2-4,8-9,15-16,19H2,1H3,(H,31,35)(H,32,33,36). The Kier molecular flexibility index (Phi) is 7.28. The van der Waals surface area contributed by atoms with Crippen molar-refractivity contribution >= 4 is 39.6 Å². The number of carbonyl (C=O) groups is 2. The van der Waals surface area contributed by atoms with Gasteiger partial charge in [-0.15, -0.1) is 0 Å². The zero-order valence-corrected chi connectivity index (χ0v) is 20.7. The number of hydrogen-bond donors (Lipinski definition) is 3. The lowest BCUT2D eigenvalue weighted by Gasteiger charge is -2.20. The predicted molar refractivity (Wildman–Crippen MR) is 144 cm³/mol. The Morgan fingerprint density at radius 2 is 1.75 bits per heavy atom. The Hall–Kier alpha value is -3.71. The Morgan fingerprint density at radius 3 is 2.58 bits per heavy atom. The molecule has 4 aromatic rings. The summed E-state index contributed by atoms with van der Waals surface area (Å²) in [6, 6.07) is 20.2. The van der Waals surface area contributed by atoms with Gasteiger partial charge in [0, 0.05) is 38.2 Å². The van der Waals surface area contributed by atoms with Crippen molar-refractivity contribution in [1.29, 1.82) is 0 Å². The van der Waals surface area contributed by atoms with Crippen LogP contribution in [0.1, 0.15) is 48.0 Å². The van der Waals surface area contributed by atoms with E-state index in [1.807, 2.05) is 29.8 Å². The van der Waals surface area contributed by atoms with Crippen LogP contribution in [0.2, 0.25) is 0 Å². The number of nitrogens with one attached hydrogen (secondary N) is 3. The minimum Gasteiger partial charge on any atom is -0.351 e. The maximum Gasteiger partial charge on any atom is 0.251 e. The number of carbonyl (C=O) groups excluding carboxylic acids is 2. The summed E-state index contributed by atoms with van der Waals surface area (Å²) < 4.78 is 1.87. The van der Waals surface area contributed by atoms with Gasteiger partial charge in [-0.3, -0.25) is 14.9 Å². The Balaban J connectivity index is 1.13. The fraction of sp³-hybridized carbons (Fsp3) is 0.345. The van der Waals surface area contributed by atoms with E-state index in [9.17, 15) is 9.59 Å². The van der Waals surface area contributed by atoms with Gasteiger partial charge in [-0.1, -0.05) is 55.7 Å². The van der Waals surface area contributed by atoms with E-state index in [2.05, 4.69) is 51.3 Å². The highest BCUT2D eigenvalue weighted by atomic mass is 16.2. The minimum atomic E-state index is -0.136. The zero-order chi connectivity index (χ0) is 24.9. The molecule has 36 heavy (non-hydrogen) atoms. The van der Waals surface area contributed by atoms with Crippen molar-refractivity contribution in [3.8, 4) is 0 Å². The summed E-state index contributed by atoms with van der Waals surface area (Å²) in [5.41, 5.74) is 3.34. The van der Waals surface area contributed by atoms with Gasteiger partial charge in [-0.05, 0) is 53.4 Å². The van der Waals surface area contributed by atoms with Crippen molar-refractivity contribution in [2.45, 2.75) is 38.6 Å². The van der Waals surface area contributed by atoms with E-state index in [0.29, 0.717) is 30.1 Å². The van der Waals surface area contributed by atoms with Gasteiger partial charge in [0.05, 0.1) is 11.0 Å². The second-order valence-corrected chi connectivity index (χ2v) is 9.64. The molecule has 1 aliphatic carbocycles. The Labute approximate surface area is 211 Å². The van der Waals surface area contributed by atoms with Crippen LogP contribution in [-0.2, 0) is 18.4 Å². The summed E-state index contributed by atoms with van der Waals surface area (Å²) in [5, 5.41) is 11.8. The quantitative estimate of drug-likeness (QED) is 0.315. The molecule has 0 atom stereocenters. The Bertz CT molecular complexity index is 1390. The molecule has 186 valence electrons. The van der Waals surface area contributed by atoms with Gasteiger partial charge in [0.25, 0.3) is 5.91 Å². The fourth-order valence-electron chi connectivity index (χ4n) is 4.98. The Morgan fingerprint density at radius 1 is 0.944 bits per heavy atom. The fourth-order valence-corrected chi connectivity index (χ4v) is 4.98. The molecule has 1 aliphatic rings. The molecule has 1 fully saturated rings. The van der Waals surface area contributed by atoms with Crippen molar-refractivity contribution in [2.24, 2.45) is 13.0 Å². The number of nitrogens with zero attached hydrogens (tertiary/aromatic N) is 2. The molecule has 0 spiro atoms. The van der Waals surface area contributed by atoms with E-state index >= 15 is 0 Å². The van der Waals surface area contributed by atoms with Crippen molar-refractivity contribution < 1.29 is 9.59 Å². The van der Waals surface area contributed by atoms with Gasteiger partial charge < -0.3 is 15.2 Å². The van der Waals surface area contributed by atoms with Crippen LogP contribution in [0.25, 0.3) is 21.8 Å². The lowest BCUT2D eigenvalue weighted by atomic mass is 9.89. The molecule has 0 bridgehead atoms. The SMILES string of the molecule is Cn1c(NC(=O)C2CCCCC2)nc2cc(C(=O)NCCNCc3ccc4ccccc4c3)ccc21. The first-order valence-electron chi connectivity index (χ1n) is 12.8. The van der Waals surface area contributed by atoms with Crippen molar-refractivity contribution in [2.75, 3.05) is 18.4 Å². The van der Waals surface area contributed by atoms with Gasteiger partial charge in [-0.25, -0.2) is 4.98 Å². The molecule has 0 aliphatic heterocycles. The third kappa shape index (κ3) is 5.41. The van der Waals surface area contributed by atoms with Crippen LogP contribution >= 0.6 is 0 Å². The lowest BCUT2D eigenvalue weighted by molar-refractivity contribution is -0.120. The molecule has 5 rings (SSSR count). The van der Waals surface area contributed by atoms with Crippen LogP contribution < -0.4 is 16.0 Å². The summed E-state index contributed by atoms with van der Waals surface area (Å²) in [4.78, 5) is 30.0. The number of aromatic nitrogens is 2. The summed E-state index contributed by atoms with van der Waals surface area (Å²) >= 11 is 0. The number of anilines is 1. The van der Waals surface area contributed by atoms with Gasteiger partial charge in [0.15, 0.2) is 0 Å². The summed E-state index contributed by atoms with van der Waals surface area (Å²) in [5.74, 6) is 0.496. The average Bonchev–Trinajstić information content (AvgIpc) is 3.22. The first-order chi connectivity index (χ1) is 17.6. The summed E-state index contributed by atoms with van der Waals surface area (Å²) in [7, 11) is 1.88. The predicted octanol–water partition coefficient (Wildman–Crippen LogP) is 4.76. The smallest absolute Gasteiger partial charge is 0.251 e. The number of imidazole rings is 1. The lowest BCUT2D eigenvalue weighted by Crippen LogP contribution is -2.31. The highest BCUT2D eigenvalue weighted by Crippen LogP contribution is 2.26. The zero-order valence-electron chi connectivity index (χ0n) is 20.7. The number of aryl methyl sites for hydroxylation is 1. The molecule has 0 saturated heterocycles. The maximum atomic E-state index is 12.7. The number of benzene rings is 3. The largest absolute Gasteiger partial charge is 0.351 e. The first kappa shape index (κ1) is 24.0. The van der Waals surface area contributed by atoms with Crippen molar-refractivity contribution in [1.82, 2.24) is 20.2 Å². The highest BCUT2D eigenvalue weighted by molar-refractivity contribution is 5.98. The van der Waals surface area contributed by atoms with Gasteiger partial charge in [-0.2, -0.15) is 0 Å². The average molecular weight is 484 g/mol. The molecular weight excluding hydrogens is 450 g/mol. The van der Waals surface area contributed by atoms with Crippen molar-refractivity contribution in [3.05, 3.63) is 71.8 Å².